The molecule has 1 atom stereocenters. The molecular formula is C15H13Br2FIN. The highest BCUT2D eigenvalue weighted by Crippen LogP contribution is 2.29. The Kier molecular flexibility index (Phi) is 6.01. The van der Waals surface area contributed by atoms with Crippen molar-refractivity contribution < 1.29 is 4.39 Å². The van der Waals surface area contributed by atoms with Crippen molar-refractivity contribution in [3.8, 4) is 0 Å². The smallest absolute Gasteiger partial charge is 0.126 e. The molecule has 2 aromatic rings. The lowest BCUT2D eigenvalue weighted by Gasteiger charge is -2.19. The van der Waals surface area contributed by atoms with Crippen molar-refractivity contribution in [1.82, 2.24) is 5.32 Å². The van der Waals surface area contributed by atoms with Gasteiger partial charge in [-0.05, 0) is 83.6 Å². The maximum Gasteiger partial charge on any atom is 0.126 e. The molecule has 0 amide bonds. The van der Waals surface area contributed by atoms with Crippen molar-refractivity contribution in [2.45, 2.75) is 12.5 Å². The van der Waals surface area contributed by atoms with Crippen LogP contribution in [0.5, 0.6) is 0 Å². The summed E-state index contributed by atoms with van der Waals surface area (Å²) in [6, 6.07) is 11.3. The van der Waals surface area contributed by atoms with Crippen LogP contribution >= 0.6 is 54.5 Å². The second-order valence-electron chi connectivity index (χ2n) is 4.45. The molecule has 106 valence electrons. The molecule has 0 aromatic heterocycles. The summed E-state index contributed by atoms with van der Waals surface area (Å²) in [6.07, 6.45) is 0.598. The molecule has 1 nitrogen and oxygen atoms in total. The normalized spacial score (nSPS) is 12.4. The minimum absolute atomic E-state index is 0.0582. The van der Waals surface area contributed by atoms with E-state index in [-0.39, 0.29) is 11.9 Å². The van der Waals surface area contributed by atoms with Crippen LogP contribution in [-0.2, 0) is 6.42 Å². The number of likely N-dealkylation sites (N-methyl/N-ethyl adjacent to an activating group) is 1. The molecule has 0 saturated heterocycles. The predicted octanol–water partition coefficient (Wildman–Crippen LogP) is 5.46. The van der Waals surface area contributed by atoms with E-state index in [0.717, 1.165) is 18.1 Å². The van der Waals surface area contributed by atoms with Gasteiger partial charge in [-0.1, -0.05) is 31.9 Å². The summed E-state index contributed by atoms with van der Waals surface area (Å²) in [5.41, 5.74) is 1.84. The molecule has 0 aliphatic heterocycles. The molecule has 0 aliphatic carbocycles. The van der Waals surface area contributed by atoms with E-state index in [1.807, 2.05) is 25.2 Å². The summed E-state index contributed by atoms with van der Waals surface area (Å²) in [5, 5.41) is 3.27. The summed E-state index contributed by atoms with van der Waals surface area (Å²) in [5.74, 6) is -0.171. The molecule has 0 heterocycles. The SMILES string of the molecule is CNC(Cc1cc(Br)ccc1F)c1cc(I)ccc1Br. The third-order valence-electron chi connectivity index (χ3n) is 3.11. The monoisotopic (exact) mass is 511 g/mol. The average Bonchev–Trinajstić information content (AvgIpc) is 2.42. The van der Waals surface area contributed by atoms with E-state index >= 15 is 0 Å². The van der Waals surface area contributed by atoms with E-state index in [9.17, 15) is 4.39 Å². The van der Waals surface area contributed by atoms with Gasteiger partial charge in [0.2, 0.25) is 0 Å². The molecule has 0 bridgehead atoms. The lowest BCUT2D eigenvalue weighted by atomic mass is 9.99. The Morgan fingerprint density at radius 2 is 1.95 bits per heavy atom. The minimum atomic E-state index is -0.171. The molecule has 0 saturated carbocycles. The molecule has 0 aliphatic rings. The maximum absolute atomic E-state index is 13.9. The Bertz CT molecular complexity index is 619. The quantitative estimate of drug-likeness (QED) is 0.537. The predicted molar refractivity (Wildman–Crippen MR) is 96.5 cm³/mol. The van der Waals surface area contributed by atoms with Crippen LogP contribution in [0.4, 0.5) is 4.39 Å². The van der Waals surface area contributed by atoms with E-state index in [1.165, 1.54) is 6.07 Å². The summed E-state index contributed by atoms with van der Waals surface area (Å²) in [4.78, 5) is 0. The van der Waals surface area contributed by atoms with Crippen LogP contribution in [-0.4, -0.2) is 7.05 Å². The second-order valence-corrected chi connectivity index (χ2v) is 7.46. The van der Waals surface area contributed by atoms with Crippen molar-refractivity contribution in [3.63, 3.8) is 0 Å². The molecule has 5 heteroatoms. The van der Waals surface area contributed by atoms with Gasteiger partial charge in [-0.15, -0.1) is 0 Å². The molecular weight excluding hydrogens is 500 g/mol. The highest BCUT2D eigenvalue weighted by Gasteiger charge is 2.16. The minimum Gasteiger partial charge on any atom is -0.313 e. The zero-order valence-corrected chi connectivity index (χ0v) is 16.1. The van der Waals surface area contributed by atoms with Gasteiger partial charge in [0.1, 0.15) is 5.82 Å². The number of halogens is 4. The van der Waals surface area contributed by atoms with Gasteiger partial charge >= 0.3 is 0 Å². The molecule has 2 aromatic carbocycles. The van der Waals surface area contributed by atoms with Crippen LogP contribution in [0.15, 0.2) is 45.3 Å². The van der Waals surface area contributed by atoms with E-state index in [4.69, 9.17) is 0 Å². The van der Waals surface area contributed by atoms with Crippen molar-refractivity contribution in [1.29, 1.82) is 0 Å². The zero-order chi connectivity index (χ0) is 14.7. The van der Waals surface area contributed by atoms with Crippen LogP contribution in [0.2, 0.25) is 0 Å². The van der Waals surface area contributed by atoms with Gasteiger partial charge in [-0.3, -0.25) is 0 Å². The number of nitrogens with one attached hydrogen (secondary N) is 1. The summed E-state index contributed by atoms with van der Waals surface area (Å²) in [7, 11) is 1.90. The number of benzene rings is 2. The highest BCUT2D eigenvalue weighted by atomic mass is 127. The molecule has 0 fully saturated rings. The molecule has 20 heavy (non-hydrogen) atoms. The number of hydrogen-bond donors (Lipinski definition) is 1. The number of hydrogen-bond acceptors (Lipinski definition) is 1. The fourth-order valence-corrected chi connectivity index (χ4v) is 3.52. The topological polar surface area (TPSA) is 12.0 Å². The van der Waals surface area contributed by atoms with Crippen LogP contribution in [0.25, 0.3) is 0 Å². The van der Waals surface area contributed by atoms with Crippen molar-refractivity contribution in [2.75, 3.05) is 7.05 Å². The fourth-order valence-electron chi connectivity index (χ4n) is 2.07. The van der Waals surface area contributed by atoms with Gasteiger partial charge in [0.25, 0.3) is 0 Å². The van der Waals surface area contributed by atoms with Gasteiger partial charge in [0.05, 0.1) is 0 Å². The summed E-state index contributed by atoms with van der Waals surface area (Å²) >= 11 is 9.25. The standard InChI is InChI=1S/C15H13Br2FIN/c1-20-15(12-8-11(19)3-4-13(12)17)7-9-6-10(16)2-5-14(9)18/h2-6,8,15,20H,7H2,1H3. The van der Waals surface area contributed by atoms with Crippen LogP contribution in [0.3, 0.4) is 0 Å². The van der Waals surface area contributed by atoms with Gasteiger partial charge < -0.3 is 5.32 Å². The van der Waals surface area contributed by atoms with E-state index < -0.39 is 0 Å². The van der Waals surface area contributed by atoms with Gasteiger partial charge in [0, 0.05) is 18.6 Å². The fraction of sp³-hybridized carbons (Fsp3) is 0.200. The third kappa shape index (κ3) is 4.02. The Balaban J connectivity index is 2.33. The first kappa shape index (κ1) is 16.4. The molecule has 0 spiro atoms. The van der Waals surface area contributed by atoms with Crippen LogP contribution in [0.1, 0.15) is 17.2 Å². The van der Waals surface area contributed by atoms with Crippen LogP contribution < -0.4 is 5.32 Å². The molecule has 1 N–H and O–H groups in total. The lowest BCUT2D eigenvalue weighted by molar-refractivity contribution is 0.552. The molecule has 2 rings (SSSR count). The highest BCUT2D eigenvalue weighted by molar-refractivity contribution is 14.1. The van der Waals surface area contributed by atoms with Crippen molar-refractivity contribution >= 4 is 54.5 Å². The first-order valence-electron chi connectivity index (χ1n) is 6.07. The molecule has 0 radical (unpaired) electrons. The first-order valence-corrected chi connectivity index (χ1v) is 8.74. The average molecular weight is 513 g/mol. The number of rotatable bonds is 4. The van der Waals surface area contributed by atoms with Gasteiger partial charge in [-0.2, -0.15) is 0 Å². The van der Waals surface area contributed by atoms with E-state index in [0.29, 0.717) is 12.0 Å². The zero-order valence-electron chi connectivity index (χ0n) is 10.8. The Hall–Kier alpha value is 0.0200. The lowest BCUT2D eigenvalue weighted by Crippen LogP contribution is -2.20. The summed E-state index contributed by atoms with van der Waals surface area (Å²) < 4.78 is 17.0. The van der Waals surface area contributed by atoms with E-state index in [1.54, 1.807) is 6.07 Å². The second kappa shape index (κ2) is 7.33. The van der Waals surface area contributed by atoms with Crippen molar-refractivity contribution in [3.05, 3.63) is 65.9 Å². The Morgan fingerprint density at radius 3 is 2.65 bits per heavy atom. The van der Waals surface area contributed by atoms with Crippen molar-refractivity contribution in [2.24, 2.45) is 0 Å². The third-order valence-corrected chi connectivity index (χ3v) is 5.00. The maximum atomic E-state index is 13.9. The summed E-state index contributed by atoms with van der Waals surface area (Å²) in [6.45, 7) is 0. The Morgan fingerprint density at radius 1 is 1.20 bits per heavy atom. The Labute approximate surface area is 148 Å². The molecule has 1 unspecified atom stereocenters. The van der Waals surface area contributed by atoms with E-state index in [2.05, 4.69) is 65.8 Å². The first-order chi connectivity index (χ1) is 9.51. The largest absolute Gasteiger partial charge is 0.313 e. The van der Waals surface area contributed by atoms with Gasteiger partial charge in [0.15, 0.2) is 0 Å². The van der Waals surface area contributed by atoms with Crippen LogP contribution in [0, 0.1) is 9.39 Å². The van der Waals surface area contributed by atoms with Gasteiger partial charge in [-0.25, -0.2) is 4.39 Å².